The van der Waals surface area contributed by atoms with Crippen LogP contribution < -0.4 is 0 Å². The second-order valence-corrected chi connectivity index (χ2v) is 1.78. The van der Waals surface area contributed by atoms with Crippen LogP contribution in [0.4, 0.5) is 0 Å². The van der Waals surface area contributed by atoms with Crippen LogP contribution in [0.1, 0.15) is 0 Å². The summed E-state index contributed by atoms with van der Waals surface area (Å²) in [4.78, 5) is 20.1. The first-order chi connectivity index (χ1) is 5.85. The van der Waals surface area contributed by atoms with Gasteiger partial charge >= 0.3 is 0 Å². The molecule has 0 aliphatic carbocycles. The summed E-state index contributed by atoms with van der Waals surface area (Å²) in [6.45, 7) is 0. The monoisotopic (exact) mass is 161 g/mol. The van der Waals surface area contributed by atoms with Gasteiger partial charge in [0, 0.05) is 6.08 Å². The number of hydrogen-bond acceptors (Lipinski definition) is 3. The Hall–Kier alpha value is -1.95. The molecular weight excluding hydrogens is 154 g/mol. The number of nitrogens with zero attached hydrogens (tertiary/aromatic N) is 1. The van der Waals surface area contributed by atoms with Crippen LogP contribution >= 0.6 is 0 Å². The smallest absolute Gasteiger partial charge is 0.153 e. The predicted molar refractivity (Wildman–Crippen MR) is 44.1 cm³/mol. The maximum Gasteiger partial charge on any atom is 0.153 e. The molecule has 0 bridgehead atoms. The van der Waals surface area contributed by atoms with E-state index in [9.17, 15) is 9.59 Å². The minimum Gasteiger partial charge on any atom is -0.298 e. The normalized spacial score (nSPS) is 9.58. The van der Waals surface area contributed by atoms with Gasteiger partial charge in [-0.3, -0.25) is 9.59 Å². The molecular formula is C9H7NO2. The van der Waals surface area contributed by atoms with Gasteiger partial charge in [0.1, 0.15) is 0 Å². The number of allylic oxidation sites excluding steroid dienone is 6. The molecule has 0 aromatic rings. The van der Waals surface area contributed by atoms with E-state index >= 15 is 0 Å². The molecule has 3 nitrogen and oxygen atoms in total. The molecule has 0 aliphatic heterocycles. The van der Waals surface area contributed by atoms with Crippen molar-refractivity contribution in [3.8, 4) is 6.07 Å². The molecule has 0 spiro atoms. The van der Waals surface area contributed by atoms with E-state index in [1.807, 2.05) is 0 Å². The molecule has 0 unspecified atom stereocenters. The fourth-order valence-corrected chi connectivity index (χ4v) is 0.436. The van der Waals surface area contributed by atoms with Crippen molar-refractivity contribution in [2.75, 3.05) is 0 Å². The lowest BCUT2D eigenvalue weighted by molar-refractivity contribution is -0.109. The second kappa shape index (κ2) is 7.16. The van der Waals surface area contributed by atoms with Crippen molar-refractivity contribution in [3.05, 3.63) is 36.0 Å². The molecule has 0 fully saturated rings. The SMILES string of the molecule is N#C/C=C/C=C/C=C(C=O)C=O. The van der Waals surface area contributed by atoms with Crippen LogP contribution in [0.2, 0.25) is 0 Å². The van der Waals surface area contributed by atoms with Crippen LogP contribution in [0.25, 0.3) is 0 Å². The van der Waals surface area contributed by atoms with Crippen LogP contribution in [0.5, 0.6) is 0 Å². The first-order valence-corrected chi connectivity index (χ1v) is 3.18. The summed E-state index contributed by atoms with van der Waals surface area (Å²) >= 11 is 0. The lowest BCUT2D eigenvalue weighted by Gasteiger charge is -1.77. The third kappa shape index (κ3) is 4.89. The van der Waals surface area contributed by atoms with Crippen molar-refractivity contribution in [3.63, 3.8) is 0 Å². The summed E-state index contributed by atoms with van der Waals surface area (Å²) in [6, 6.07) is 1.79. The Morgan fingerprint density at radius 1 is 1.08 bits per heavy atom. The highest BCUT2D eigenvalue weighted by Crippen LogP contribution is 1.85. The minimum atomic E-state index is 0.0663. The quantitative estimate of drug-likeness (QED) is 0.154. The third-order valence-corrected chi connectivity index (χ3v) is 0.954. The summed E-state index contributed by atoms with van der Waals surface area (Å²) in [5.41, 5.74) is 0.0663. The van der Waals surface area contributed by atoms with Gasteiger partial charge < -0.3 is 0 Å². The second-order valence-electron chi connectivity index (χ2n) is 1.78. The first-order valence-electron chi connectivity index (χ1n) is 3.18. The van der Waals surface area contributed by atoms with Crippen molar-refractivity contribution in [1.29, 1.82) is 5.26 Å². The molecule has 0 saturated heterocycles. The van der Waals surface area contributed by atoms with Gasteiger partial charge in [0.05, 0.1) is 11.6 Å². The van der Waals surface area contributed by atoms with Crippen LogP contribution in [0, 0.1) is 11.3 Å². The Balaban J connectivity index is 4.11. The molecule has 0 aliphatic rings. The van der Waals surface area contributed by atoms with Crippen molar-refractivity contribution < 1.29 is 9.59 Å². The number of aldehydes is 2. The van der Waals surface area contributed by atoms with E-state index in [-0.39, 0.29) is 5.57 Å². The van der Waals surface area contributed by atoms with E-state index in [0.29, 0.717) is 12.6 Å². The van der Waals surface area contributed by atoms with E-state index < -0.39 is 0 Å². The van der Waals surface area contributed by atoms with E-state index in [4.69, 9.17) is 5.26 Å². The Morgan fingerprint density at radius 3 is 2.25 bits per heavy atom. The zero-order chi connectivity index (χ0) is 9.23. The van der Waals surface area contributed by atoms with Gasteiger partial charge in [0.25, 0.3) is 0 Å². The van der Waals surface area contributed by atoms with Crippen molar-refractivity contribution in [2.45, 2.75) is 0 Å². The Labute approximate surface area is 70.3 Å². The Bertz CT molecular complexity index is 269. The highest BCUT2D eigenvalue weighted by molar-refractivity contribution is 5.99. The van der Waals surface area contributed by atoms with Gasteiger partial charge in [-0.15, -0.1) is 0 Å². The zero-order valence-electron chi connectivity index (χ0n) is 6.31. The van der Waals surface area contributed by atoms with Crippen LogP contribution in [-0.2, 0) is 9.59 Å². The standard InChI is InChI=1S/C9H7NO2/c10-6-4-2-1-3-5-9(7-11)8-12/h1-5,7-8H/b3-1+,4-2+. The number of rotatable bonds is 4. The molecule has 0 atom stereocenters. The topological polar surface area (TPSA) is 57.9 Å². The summed E-state index contributed by atoms with van der Waals surface area (Å²) in [5.74, 6) is 0. The average Bonchev–Trinajstić information content (AvgIpc) is 2.11. The molecule has 3 heteroatoms. The molecule has 0 aromatic heterocycles. The molecule has 0 amide bonds. The molecule has 12 heavy (non-hydrogen) atoms. The summed E-state index contributed by atoms with van der Waals surface area (Å²) in [7, 11) is 0. The summed E-state index contributed by atoms with van der Waals surface area (Å²) in [6.07, 6.45) is 8.14. The molecule has 0 radical (unpaired) electrons. The van der Waals surface area contributed by atoms with Crippen LogP contribution in [-0.4, -0.2) is 12.6 Å². The number of carbonyl (C=O) groups is 2. The Kier molecular flexibility index (Phi) is 6.00. The van der Waals surface area contributed by atoms with Gasteiger partial charge in [0.2, 0.25) is 0 Å². The van der Waals surface area contributed by atoms with Crippen molar-refractivity contribution in [1.82, 2.24) is 0 Å². The molecule has 60 valence electrons. The summed E-state index contributed by atoms with van der Waals surface area (Å²) < 4.78 is 0. The number of hydrogen-bond donors (Lipinski definition) is 0. The summed E-state index contributed by atoms with van der Waals surface area (Å²) in [5, 5.41) is 8.07. The lowest BCUT2D eigenvalue weighted by atomic mass is 10.3. The molecule has 0 saturated carbocycles. The van der Waals surface area contributed by atoms with Crippen LogP contribution in [0.3, 0.4) is 0 Å². The fourth-order valence-electron chi connectivity index (χ4n) is 0.436. The van der Waals surface area contributed by atoms with E-state index in [1.54, 1.807) is 12.1 Å². The highest BCUT2D eigenvalue weighted by Gasteiger charge is 1.84. The predicted octanol–water partition coefficient (Wildman–Crippen LogP) is 0.947. The zero-order valence-corrected chi connectivity index (χ0v) is 6.31. The minimum absolute atomic E-state index is 0.0663. The van der Waals surface area contributed by atoms with Crippen LogP contribution in [0.15, 0.2) is 36.0 Å². The van der Waals surface area contributed by atoms with Gasteiger partial charge in [-0.05, 0) is 6.08 Å². The first kappa shape index (κ1) is 10.0. The fraction of sp³-hybridized carbons (Fsp3) is 0. The highest BCUT2D eigenvalue weighted by atomic mass is 16.1. The number of nitriles is 1. The van der Waals surface area contributed by atoms with Crippen molar-refractivity contribution in [2.24, 2.45) is 0 Å². The van der Waals surface area contributed by atoms with Crippen molar-refractivity contribution >= 4 is 12.6 Å². The lowest BCUT2D eigenvalue weighted by Crippen LogP contribution is -1.82. The van der Waals surface area contributed by atoms with E-state index in [0.717, 1.165) is 0 Å². The maximum atomic E-state index is 10.1. The molecule has 0 N–H and O–H groups in total. The Morgan fingerprint density at radius 2 is 1.75 bits per heavy atom. The van der Waals surface area contributed by atoms with E-state index in [2.05, 4.69) is 0 Å². The van der Waals surface area contributed by atoms with Gasteiger partial charge in [0.15, 0.2) is 12.6 Å². The van der Waals surface area contributed by atoms with Gasteiger partial charge in [-0.25, -0.2) is 0 Å². The molecule has 0 rings (SSSR count). The van der Waals surface area contributed by atoms with Gasteiger partial charge in [-0.2, -0.15) is 5.26 Å². The molecule has 0 heterocycles. The largest absolute Gasteiger partial charge is 0.298 e. The van der Waals surface area contributed by atoms with E-state index in [1.165, 1.54) is 24.3 Å². The third-order valence-electron chi connectivity index (χ3n) is 0.954. The number of carbonyl (C=O) groups excluding carboxylic acids is 2. The van der Waals surface area contributed by atoms with Gasteiger partial charge in [-0.1, -0.05) is 18.2 Å². The maximum absolute atomic E-state index is 10.1. The average molecular weight is 161 g/mol. The molecule has 0 aromatic carbocycles.